The molecule has 9 heteroatoms. The minimum absolute atomic E-state index is 0.104. The van der Waals surface area contributed by atoms with Gasteiger partial charge in [0, 0.05) is 6.54 Å². The Labute approximate surface area is 125 Å². The van der Waals surface area contributed by atoms with Crippen LogP contribution in [0, 0.1) is 0 Å². The van der Waals surface area contributed by atoms with Crippen molar-refractivity contribution in [1.82, 2.24) is 4.31 Å². The van der Waals surface area contributed by atoms with Gasteiger partial charge < -0.3 is 4.74 Å². The van der Waals surface area contributed by atoms with Crippen LogP contribution in [0.3, 0.4) is 0 Å². The van der Waals surface area contributed by atoms with Crippen LogP contribution >= 0.6 is 0 Å². The van der Waals surface area contributed by atoms with Crippen LogP contribution in [0.5, 0.6) is 0 Å². The van der Waals surface area contributed by atoms with Gasteiger partial charge in [-0.25, -0.2) is 16.8 Å². The molecule has 0 N–H and O–H groups in total. The highest BCUT2D eigenvalue weighted by Gasteiger charge is 2.43. The van der Waals surface area contributed by atoms with Crippen molar-refractivity contribution in [2.45, 2.75) is 43.4 Å². The molecule has 2 aliphatic heterocycles. The number of piperidine rings is 1. The third-order valence-electron chi connectivity index (χ3n) is 4.18. The summed E-state index contributed by atoms with van der Waals surface area (Å²) in [4.78, 5) is 11.8. The first-order chi connectivity index (χ1) is 9.78. The summed E-state index contributed by atoms with van der Waals surface area (Å²) in [7, 11) is -5.54. The second-order valence-electron chi connectivity index (χ2n) is 5.54. The Hall–Kier alpha value is -0.670. The van der Waals surface area contributed by atoms with Crippen molar-refractivity contribution < 1.29 is 26.4 Å². The fourth-order valence-electron chi connectivity index (χ4n) is 2.94. The summed E-state index contributed by atoms with van der Waals surface area (Å²) in [6.45, 7) is 0.297. The van der Waals surface area contributed by atoms with Crippen LogP contribution in [0.1, 0.15) is 32.1 Å². The molecule has 1 atom stereocenters. The molecule has 7 nitrogen and oxygen atoms in total. The lowest BCUT2D eigenvalue weighted by molar-refractivity contribution is -0.146. The zero-order valence-electron chi connectivity index (χ0n) is 12.0. The first-order valence-electron chi connectivity index (χ1n) is 7.07. The lowest BCUT2D eigenvalue weighted by Crippen LogP contribution is -2.52. The summed E-state index contributed by atoms with van der Waals surface area (Å²) < 4.78 is 54.2. The third kappa shape index (κ3) is 3.57. The number of sulfone groups is 1. The molecule has 0 aliphatic carbocycles. The molecule has 0 bridgehead atoms. The van der Waals surface area contributed by atoms with Crippen molar-refractivity contribution in [2.24, 2.45) is 0 Å². The van der Waals surface area contributed by atoms with E-state index < -0.39 is 37.1 Å². The van der Waals surface area contributed by atoms with E-state index in [4.69, 9.17) is 4.74 Å². The molecule has 0 aromatic heterocycles. The maximum absolute atomic E-state index is 12.7. The van der Waals surface area contributed by atoms with Gasteiger partial charge in [-0.15, -0.1) is 0 Å². The highest BCUT2D eigenvalue weighted by atomic mass is 32.2. The van der Waals surface area contributed by atoms with Crippen molar-refractivity contribution >= 4 is 25.8 Å². The monoisotopic (exact) mass is 339 g/mol. The molecule has 0 aromatic carbocycles. The van der Waals surface area contributed by atoms with Crippen molar-refractivity contribution in [2.75, 3.05) is 25.2 Å². The number of methoxy groups -OCH3 is 1. The molecular formula is C12H21NO6S2. The van der Waals surface area contributed by atoms with E-state index in [9.17, 15) is 21.6 Å². The number of sulfonamides is 1. The summed E-state index contributed by atoms with van der Waals surface area (Å²) in [5, 5.41) is -0.716. The van der Waals surface area contributed by atoms with Gasteiger partial charge in [0.05, 0.1) is 23.9 Å². The Morgan fingerprint density at radius 1 is 1.14 bits per heavy atom. The molecule has 0 unspecified atom stereocenters. The van der Waals surface area contributed by atoms with Gasteiger partial charge in [-0.2, -0.15) is 4.31 Å². The van der Waals surface area contributed by atoms with E-state index in [0.717, 1.165) is 6.42 Å². The zero-order chi connectivity index (χ0) is 15.7. The maximum atomic E-state index is 12.7. The van der Waals surface area contributed by atoms with Gasteiger partial charge in [0.15, 0.2) is 0 Å². The molecule has 122 valence electrons. The van der Waals surface area contributed by atoms with E-state index in [2.05, 4.69) is 0 Å². The van der Waals surface area contributed by atoms with E-state index in [0.29, 0.717) is 19.4 Å². The van der Waals surface area contributed by atoms with Crippen LogP contribution < -0.4 is 0 Å². The molecule has 2 heterocycles. The molecule has 2 fully saturated rings. The number of esters is 1. The lowest BCUT2D eigenvalue weighted by Gasteiger charge is -2.36. The van der Waals surface area contributed by atoms with Crippen LogP contribution in [-0.2, 0) is 29.4 Å². The van der Waals surface area contributed by atoms with Crippen molar-refractivity contribution in [3.05, 3.63) is 0 Å². The Morgan fingerprint density at radius 2 is 1.76 bits per heavy atom. The van der Waals surface area contributed by atoms with Crippen LogP contribution in [0.15, 0.2) is 0 Å². The molecule has 2 aliphatic rings. The molecule has 0 aromatic rings. The average molecular weight is 339 g/mol. The first kappa shape index (κ1) is 16.7. The quantitative estimate of drug-likeness (QED) is 0.667. The summed E-state index contributed by atoms with van der Waals surface area (Å²) in [5.74, 6) is -0.747. The second-order valence-corrected chi connectivity index (χ2v) is 10.0. The highest BCUT2D eigenvalue weighted by molar-refractivity contribution is 7.92. The van der Waals surface area contributed by atoms with Crippen molar-refractivity contribution in [3.63, 3.8) is 0 Å². The van der Waals surface area contributed by atoms with Gasteiger partial charge in [-0.1, -0.05) is 0 Å². The summed E-state index contributed by atoms with van der Waals surface area (Å²) >= 11 is 0. The van der Waals surface area contributed by atoms with E-state index in [1.54, 1.807) is 0 Å². The largest absolute Gasteiger partial charge is 0.468 e. The lowest BCUT2D eigenvalue weighted by atomic mass is 10.1. The smallest absolute Gasteiger partial charge is 0.324 e. The van der Waals surface area contributed by atoms with E-state index in [1.807, 2.05) is 0 Å². The molecule has 0 spiro atoms. The number of ether oxygens (including phenoxy) is 1. The minimum atomic E-state index is -3.67. The normalized spacial score (nSPS) is 28.1. The first-order valence-corrected chi connectivity index (χ1v) is 10.4. The van der Waals surface area contributed by atoms with Gasteiger partial charge in [-0.05, 0) is 32.1 Å². The fourth-order valence-corrected chi connectivity index (χ4v) is 6.87. The van der Waals surface area contributed by atoms with Gasteiger partial charge in [0.25, 0.3) is 0 Å². The number of nitrogens with zero attached hydrogens (tertiary/aromatic N) is 1. The predicted octanol–water partition coefficient (Wildman–Crippen LogP) is -0.0791. The molecule has 0 radical (unpaired) electrons. The van der Waals surface area contributed by atoms with Crippen LogP contribution in [0.2, 0.25) is 0 Å². The topological polar surface area (TPSA) is 97.8 Å². The summed E-state index contributed by atoms with van der Waals surface area (Å²) in [6, 6.07) is -0.771. The van der Waals surface area contributed by atoms with Crippen molar-refractivity contribution in [1.29, 1.82) is 0 Å². The standard InChI is InChI=1S/C12H21NO6S2/c1-19-12(14)11-4-2-3-7-13(11)21(17,18)10-5-8-20(15,16)9-6-10/h10-11H,2-9H2,1H3/t11-/m1/s1. The Bertz CT molecular complexity index is 583. The van der Waals surface area contributed by atoms with Crippen molar-refractivity contribution in [3.8, 4) is 0 Å². The predicted molar refractivity (Wildman–Crippen MR) is 77.0 cm³/mol. The molecule has 2 rings (SSSR count). The van der Waals surface area contributed by atoms with Gasteiger partial charge in [0.2, 0.25) is 10.0 Å². The molecular weight excluding hydrogens is 318 g/mol. The minimum Gasteiger partial charge on any atom is -0.468 e. The van der Waals surface area contributed by atoms with Gasteiger partial charge in [-0.3, -0.25) is 4.79 Å². The number of hydrogen-bond acceptors (Lipinski definition) is 6. The number of hydrogen-bond donors (Lipinski definition) is 0. The number of carbonyl (C=O) groups is 1. The van der Waals surface area contributed by atoms with E-state index in [-0.39, 0.29) is 24.3 Å². The Morgan fingerprint density at radius 3 is 2.33 bits per heavy atom. The maximum Gasteiger partial charge on any atom is 0.324 e. The van der Waals surface area contributed by atoms with Crippen LogP contribution in [0.4, 0.5) is 0 Å². The van der Waals surface area contributed by atoms with Crippen LogP contribution in [0.25, 0.3) is 0 Å². The fraction of sp³-hybridized carbons (Fsp3) is 0.917. The molecule has 21 heavy (non-hydrogen) atoms. The van der Waals surface area contributed by atoms with Gasteiger partial charge >= 0.3 is 5.97 Å². The zero-order valence-corrected chi connectivity index (χ0v) is 13.7. The van der Waals surface area contributed by atoms with Crippen LogP contribution in [-0.4, -0.2) is 63.6 Å². The SMILES string of the molecule is COC(=O)[C@H]1CCCCN1S(=O)(=O)C1CCS(=O)(=O)CC1. The molecule has 0 amide bonds. The number of rotatable bonds is 3. The third-order valence-corrected chi connectivity index (χ3v) is 8.30. The summed E-state index contributed by atoms with van der Waals surface area (Å²) in [6.07, 6.45) is 2.16. The van der Waals surface area contributed by atoms with E-state index in [1.165, 1.54) is 11.4 Å². The second kappa shape index (κ2) is 6.21. The van der Waals surface area contributed by atoms with E-state index >= 15 is 0 Å². The Balaban J connectivity index is 2.19. The van der Waals surface area contributed by atoms with Gasteiger partial charge in [0.1, 0.15) is 15.9 Å². The molecule has 2 saturated heterocycles. The number of carbonyl (C=O) groups excluding carboxylic acids is 1. The summed E-state index contributed by atoms with van der Waals surface area (Å²) in [5.41, 5.74) is 0. The highest BCUT2D eigenvalue weighted by Crippen LogP contribution is 2.28. The average Bonchev–Trinajstić information content (AvgIpc) is 2.46. The molecule has 0 saturated carbocycles. The Kier molecular flexibility index (Phi) is 4.94.